The second kappa shape index (κ2) is 6.97. The van der Waals surface area contributed by atoms with E-state index in [0.717, 1.165) is 31.8 Å². The second-order valence-corrected chi connectivity index (χ2v) is 5.12. The Bertz CT molecular complexity index is 496. The summed E-state index contributed by atoms with van der Waals surface area (Å²) in [4.78, 5) is 15.9. The molecule has 1 fully saturated rings. The fourth-order valence-corrected chi connectivity index (χ4v) is 2.30. The van der Waals surface area contributed by atoms with Gasteiger partial charge < -0.3 is 16.0 Å². The zero-order chi connectivity index (χ0) is 16.2. The SMILES string of the molecule is NCCN1CCN(C(=O)Nc2ccc(C(F)(F)F)cc2)CC1. The third-order valence-corrected chi connectivity index (χ3v) is 3.57. The number of halogens is 3. The molecule has 0 spiro atoms. The van der Waals surface area contributed by atoms with Crippen LogP contribution in [0.5, 0.6) is 0 Å². The number of benzene rings is 1. The topological polar surface area (TPSA) is 61.6 Å². The van der Waals surface area contributed by atoms with Crippen LogP contribution in [-0.4, -0.2) is 55.1 Å². The summed E-state index contributed by atoms with van der Waals surface area (Å²) in [7, 11) is 0. The van der Waals surface area contributed by atoms with Gasteiger partial charge in [-0.2, -0.15) is 13.2 Å². The molecular weight excluding hydrogens is 297 g/mol. The first-order valence-corrected chi connectivity index (χ1v) is 7.06. The lowest BCUT2D eigenvalue weighted by molar-refractivity contribution is -0.137. The molecule has 0 radical (unpaired) electrons. The van der Waals surface area contributed by atoms with Crippen LogP contribution in [0.4, 0.5) is 23.7 Å². The van der Waals surface area contributed by atoms with Crippen LogP contribution in [0.3, 0.4) is 0 Å². The van der Waals surface area contributed by atoms with Crippen LogP contribution in [0.1, 0.15) is 5.56 Å². The van der Waals surface area contributed by atoms with Crippen molar-refractivity contribution in [1.82, 2.24) is 9.80 Å². The summed E-state index contributed by atoms with van der Waals surface area (Å²) in [5.41, 5.74) is 5.10. The van der Waals surface area contributed by atoms with Crippen LogP contribution in [0.25, 0.3) is 0 Å². The lowest BCUT2D eigenvalue weighted by Gasteiger charge is -2.34. The fourth-order valence-electron chi connectivity index (χ4n) is 2.30. The van der Waals surface area contributed by atoms with Crippen molar-refractivity contribution in [3.8, 4) is 0 Å². The van der Waals surface area contributed by atoms with Gasteiger partial charge in [0.25, 0.3) is 0 Å². The van der Waals surface area contributed by atoms with E-state index in [9.17, 15) is 18.0 Å². The highest BCUT2D eigenvalue weighted by molar-refractivity contribution is 5.89. The number of alkyl halides is 3. The molecule has 1 aliphatic rings. The third-order valence-electron chi connectivity index (χ3n) is 3.57. The van der Waals surface area contributed by atoms with E-state index in [0.29, 0.717) is 25.3 Å². The number of nitrogens with one attached hydrogen (secondary N) is 1. The standard InChI is InChI=1S/C14H19F3N4O/c15-14(16,17)11-1-3-12(4-2-11)19-13(22)21-9-7-20(6-5-18)8-10-21/h1-4H,5-10,18H2,(H,19,22). The molecular formula is C14H19F3N4O. The van der Waals surface area contributed by atoms with Crippen LogP contribution >= 0.6 is 0 Å². The molecule has 5 nitrogen and oxygen atoms in total. The van der Waals surface area contributed by atoms with Crippen LogP contribution in [0, 0.1) is 0 Å². The number of nitrogens with two attached hydrogens (primary N) is 1. The molecule has 22 heavy (non-hydrogen) atoms. The Hall–Kier alpha value is -1.80. The van der Waals surface area contributed by atoms with Crippen LogP contribution in [0.15, 0.2) is 24.3 Å². The Morgan fingerprint density at radius 2 is 1.73 bits per heavy atom. The van der Waals surface area contributed by atoms with Crippen molar-refractivity contribution in [3.63, 3.8) is 0 Å². The number of amides is 2. The molecule has 0 aromatic heterocycles. The first kappa shape index (κ1) is 16.6. The van der Waals surface area contributed by atoms with Gasteiger partial charge in [-0.25, -0.2) is 4.79 Å². The number of nitrogens with zero attached hydrogens (tertiary/aromatic N) is 2. The molecule has 8 heteroatoms. The predicted octanol–water partition coefficient (Wildman–Crippen LogP) is 1.81. The Morgan fingerprint density at radius 3 is 2.23 bits per heavy atom. The summed E-state index contributed by atoms with van der Waals surface area (Å²) in [6, 6.07) is 4.12. The minimum absolute atomic E-state index is 0.299. The Balaban J connectivity index is 1.87. The van der Waals surface area contributed by atoms with Gasteiger partial charge in [0, 0.05) is 45.0 Å². The predicted molar refractivity (Wildman–Crippen MR) is 77.5 cm³/mol. The highest BCUT2D eigenvalue weighted by atomic mass is 19.4. The molecule has 0 bridgehead atoms. The molecule has 0 saturated carbocycles. The van der Waals surface area contributed by atoms with E-state index < -0.39 is 11.7 Å². The number of carbonyl (C=O) groups is 1. The fraction of sp³-hybridized carbons (Fsp3) is 0.500. The smallest absolute Gasteiger partial charge is 0.329 e. The summed E-state index contributed by atoms with van der Waals surface area (Å²) < 4.78 is 37.4. The van der Waals surface area contributed by atoms with Crippen molar-refractivity contribution in [2.24, 2.45) is 5.73 Å². The van der Waals surface area contributed by atoms with Gasteiger partial charge in [0.15, 0.2) is 0 Å². The molecule has 122 valence electrons. The van der Waals surface area contributed by atoms with Crippen LogP contribution < -0.4 is 11.1 Å². The number of urea groups is 1. The van der Waals surface area contributed by atoms with Crippen LogP contribution in [-0.2, 0) is 6.18 Å². The van der Waals surface area contributed by atoms with Gasteiger partial charge in [-0.1, -0.05) is 0 Å². The molecule has 1 aliphatic heterocycles. The van der Waals surface area contributed by atoms with Crippen molar-refractivity contribution < 1.29 is 18.0 Å². The molecule has 1 heterocycles. The van der Waals surface area contributed by atoms with E-state index in [2.05, 4.69) is 10.2 Å². The van der Waals surface area contributed by atoms with E-state index in [1.54, 1.807) is 4.90 Å². The summed E-state index contributed by atoms with van der Waals surface area (Å²) in [6.07, 6.45) is -4.37. The zero-order valence-corrected chi connectivity index (χ0v) is 12.1. The van der Waals surface area contributed by atoms with E-state index in [1.807, 2.05) is 0 Å². The normalized spacial score (nSPS) is 16.6. The molecule has 1 aromatic rings. The Morgan fingerprint density at radius 1 is 1.14 bits per heavy atom. The van der Waals surface area contributed by atoms with Crippen molar-refractivity contribution >= 4 is 11.7 Å². The van der Waals surface area contributed by atoms with E-state index in [-0.39, 0.29) is 6.03 Å². The molecule has 1 aromatic carbocycles. The third kappa shape index (κ3) is 4.35. The van der Waals surface area contributed by atoms with Crippen molar-refractivity contribution in [2.75, 3.05) is 44.6 Å². The summed E-state index contributed by atoms with van der Waals surface area (Å²) in [6.45, 7) is 4.03. The largest absolute Gasteiger partial charge is 0.416 e. The van der Waals surface area contributed by atoms with Gasteiger partial charge in [-0.15, -0.1) is 0 Å². The maximum atomic E-state index is 12.5. The van der Waals surface area contributed by atoms with E-state index >= 15 is 0 Å². The molecule has 0 aliphatic carbocycles. The quantitative estimate of drug-likeness (QED) is 0.894. The number of rotatable bonds is 3. The second-order valence-electron chi connectivity index (χ2n) is 5.12. The monoisotopic (exact) mass is 316 g/mol. The lowest BCUT2D eigenvalue weighted by Crippen LogP contribution is -2.50. The number of anilines is 1. The van der Waals surface area contributed by atoms with Gasteiger partial charge in [-0.3, -0.25) is 4.90 Å². The number of hydrogen-bond acceptors (Lipinski definition) is 3. The van der Waals surface area contributed by atoms with Crippen LogP contribution in [0.2, 0.25) is 0 Å². The molecule has 0 atom stereocenters. The van der Waals surface area contributed by atoms with E-state index in [4.69, 9.17) is 5.73 Å². The highest BCUT2D eigenvalue weighted by Gasteiger charge is 2.30. The maximum absolute atomic E-state index is 12.5. The van der Waals surface area contributed by atoms with Gasteiger partial charge >= 0.3 is 12.2 Å². The minimum atomic E-state index is -4.37. The van der Waals surface area contributed by atoms with E-state index in [1.165, 1.54) is 12.1 Å². The molecule has 3 N–H and O–H groups in total. The summed E-state index contributed by atoms with van der Waals surface area (Å²) in [5, 5.41) is 2.61. The molecule has 0 unspecified atom stereocenters. The molecule has 2 amide bonds. The number of piperazine rings is 1. The summed E-state index contributed by atoms with van der Waals surface area (Å²) in [5.74, 6) is 0. The van der Waals surface area contributed by atoms with Gasteiger partial charge in [-0.05, 0) is 24.3 Å². The van der Waals surface area contributed by atoms with Gasteiger partial charge in [0.2, 0.25) is 0 Å². The Labute approximate surface area is 126 Å². The van der Waals surface area contributed by atoms with Gasteiger partial charge in [0.05, 0.1) is 5.56 Å². The first-order chi connectivity index (χ1) is 10.4. The lowest BCUT2D eigenvalue weighted by atomic mass is 10.2. The van der Waals surface area contributed by atoms with Crippen molar-refractivity contribution in [1.29, 1.82) is 0 Å². The zero-order valence-electron chi connectivity index (χ0n) is 12.1. The maximum Gasteiger partial charge on any atom is 0.416 e. The first-order valence-electron chi connectivity index (χ1n) is 7.06. The number of hydrogen-bond donors (Lipinski definition) is 2. The molecule has 1 saturated heterocycles. The van der Waals surface area contributed by atoms with Crippen molar-refractivity contribution in [3.05, 3.63) is 29.8 Å². The average molecular weight is 316 g/mol. The number of carbonyl (C=O) groups excluding carboxylic acids is 1. The van der Waals surface area contributed by atoms with Crippen molar-refractivity contribution in [2.45, 2.75) is 6.18 Å². The average Bonchev–Trinajstić information content (AvgIpc) is 2.48. The Kier molecular flexibility index (Phi) is 5.25. The molecule has 2 rings (SSSR count). The highest BCUT2D eigenvalue weighted by Crippen LogP contribution is 2.29. The van der Waals surface area contributed by atoms with Gasteiger partial charge in [0.1, 0.15) is 0 Å². The minimum Gasteiger partial charge on any atom is -0.329 e. The summed E-state index contributed by atoms with van der Waals surface area (Å²) >= 11 is 0.